The number of rotatable bonds is 2. The van der Waals surface area contributed by atoms with Crippen molar-refractivity contribution in [3.8, 4) is 5.75 Å². The molecule has 0 aliphatic carbocycles. The van der Waals surface area contributed by atoms with Crippen LogP contribution >= 0.6 is 35.6 Å². The van der Waals surface area contributed by atoms with E-state index >= 15 is 0 Å². The molecule has 18 heavy (non-hydrogen) atoms. The molecule has 2 N–H and O–H groups in total. The topological polar surface area (TPSA) is 57.1 Å². The predicted molar refractivity (Wildman–Crippen MR) is 73.9 cm³/mol. The molecule has 1 heterocycles. The first-order chi connectivity index (χ1) is 8.13. The second kappa shape index (κ2) is 6.33. The van der Waals surface area contributed by atoms with Gasteiger partial charge in [-0.05, 0) is 12.1 Å². The Morgan fingerprint density at radius 2 is 2.17 bits per heavy atom. The third kappa shape index (κ3) is 2.92. The minimum absolute atomic E-state index is 0. The Hall–Kier alpha value is -0.880. The Labute approximate surface area is 121 Å². The molecular formula is C10H12Cl3N3O2. The van der Waals surface area contributed by atoms with Crippen LogP contribution in [0.4, 0.5) is 5.69 Å². The summed E-state index contributed by atoms with van der Waals surface area (Å²) in [5.41, 5.74) is 0.371. The summed E-state index contributed by atoms with van der Waals surface area (Å²) in [6.07, 6.45) is 0. The predicted octanol–water partition coefficient (Wildman–Crippen LogP) is 2.71. The third-order valence-corrected chi connectivity index (χ3v) is 2.99. The Kier molecular flexibility index (Phi) is 5.34. The number of ether oxygens (including phenoxy) is 1. The quantitative estimate of drug-likeness (QED) is 0.881. The molecule has 0 unspecified atom stereocenters. The van der Waals surface area contributed by atoms with Gasteiger partial charge in [0, 0.05) is 6.54 Å². The summed E-state index contributed by atoms with van der Waals surface area (Å²) in [5.74, 6) is 0.806. The molecule has 0 atom stereocenters. The maximum absolute atomic E-state index is 9.48. The molecule has 0 saturated carbocycles. The van der Waals surface area contributed by atoms with E-state index in [1.54, 1.807) is 12.1 Å². The van der Waals surface area contributed by atoms with Crippen LogP contribution in [-0.4, -0.2) is 36.4 Å². The van der Waals surface area contributed by atoms with Gasteiger partial charge in [0.05, 0.1) is 18.7 Å². The zero-order valence-electron chi connectivity index (χ0n) is 9.48. The largest absolute Gasteiger partial charge is 0.495 e. The molecule has 100 valence electrons. The molecular weight excluding hydrogens is 300 g/mol. The normalized spacial score (nSPS) is 16.4. The molecule has 0 spiro atoms. The maximum Gasteiger partial charge on any atom is 0.223 e. The van der Waals surface area contributed by atoms with E-state index < -0.39 is 0 Å². The highest BCUT2D eigenvalue weighted by molar-refractivity contribution is 6.39. The number of hydrogen-bond donors (Lipinski definition) is 2. The van der Waals surface area contributed by atoms with Crippen LogP contribution in [-0.2, 0) is 0 Å². The number of halogens is 3. The van der Waals surface area contributed by atoms with Crippen molar-refractivity contribution in [2.24, 2.45) is 4.99 Å². The van der Waals surface area contributed by atoms with E-state index in [2.05, 4.69) is 10.3 Å². The van der Waals surface area contributed by atoms with E-state index in [9.17, 15) is 5.21 Å². The summed E-state index contributed by atoms with van der Waals surface area (Å²) < 4.78 is 5.08. The number of guanidine groups is 1. The van der Waals surface area contributed by atoms with Gasteiger partial charge in [-0.1, -0.05) is 23.2 Å². The zero-order valence-corrected chi connectivity index (χ0v) is 11.8. The lowest BCUT2D eigenvalue weighted by atomic mass is 10.3. The van der Waals surface area contributed by atoms with E-state index in [1.807, 2.05) is 0 Å². The summed E-state index contributed by atoms with van der Waals surface area (Å²) in [7, 11) is 1.51. The van der Waals surface area contributed by atoms with E-state index in [0.29, 0.717) is 40.5 Å². The first-order valence-electron chi connectivity index (χ1n) is 4.94. The van der Waals surface area contributed by atoms with Gasteiger partial charge in [-0.15, -0.1) is 12.4 Å². The number of methoxy groups -OCH3 is 1. The molecule has 0 bridgehead atoms. The average Bonchev–Trinajstić information content (AvgIpc) is 2.70. The molecule has 0 aromatic heterocycles. The van der Waals surface area contributed by atoms with E-state index in [0.717, 1.165) is 5.06 Å². The van der Waals surface area contributed by atoms with Crippen LogP contribution in [0, 0.1) is 0 Å². The highest BCUT2D eigenvalue weighted by Crippen LogP contribution is 2.39. The van der Waals surface area contributed by atoms with Crippen molar-refractivity contribution in [3.63, 3.8) is 0 Å². The highest BCUT2D eigenvalue weighted by Gasteiger charge is 2.18. The maximum atomic E-state index is 9.48. The molecule has 1 saturated heterocycles. The Morgan fingerprint density at radius 3 is 2.72 bits per heavy atom. The number of hydroxylamine groups is 2. The van der Waals surface area contributed by atoms with Gasteiger partial charge in [-0.2, -0.15) is 0 Å². The van der Waals surface area contributed by atoms with Crippen LogP contribution in [0.1, 0.15) is 0 Å². The fraction of sp³-hybridized carbons (Fsp3) is 0.300. The Balaban J connectivity index is 0.00000162. The summed E-state index contributed by atoms with van der Waals surface area (Å²) in [5, 5.41) is 14.1. The molecule has 0 amide bonds. The van der Waals surface area contributed by atoms with Crippen LogP contribution in [0.3, 0.4) is 0 Å². The summed E-state index contributed by atoms with van der Waals surface area (Å²) in [6, 6.07) is 3.30. The van der Waals surface area contributed by atoms with Crippen LogP contribution in [0.25, 0.3) is 0 Å². The molecule has 1 aromatic rings. The summed E-state index contributed by atoms with van der Waals surface area (Å²) in [6.45, 7) is 1.09. The van der Waals surface area contributed by atoms with Crippen molar-refractivity contribution in [1.82, 2.24) is 10.4 Å². The number of hydrogen-bond acceptors (Lipinski definition) is 3. The van der Waals surface area contributed by atoms with E-state index in [-0.39, 0.29) is 12.4 Å². The SMILES string of the molecule is COc1ccc(Cl)c(N=C2NCCN2O)c1Cl.Cl. The fourth-order valence-corrected chi connectivity index (χ4v) is 1.99. The Bertz CT molecular complexity index is 468. The van der Waals surface area contributed by atoms with Gasteiger partial charge in [0.1, 0.15) is 16.5 Å². The minimum Gasteiger partial charge on any atom is -0.495 e. The summed E-state index contributed by atoms with van der Waals surface area (Å²) in [4.78, 5) is 4.18. The Morgan fingerprint density at radius 1 is 1.44 bits per heavy atom. The number of nitrogens with zero attached hydrogens (tertiary/aromatic N) is 2. The number of nitrogens with one attached hydrogen (secondary N) is 1. The number of benzene rings is 1. The molecule has 5 nitrogen and oxygen atoms in total. The molecule has 1 aliphatic heterocycles. The lowest BCUT2D eigenvalue weighted by molar-refractivity contribution is -0.00126. The van der Waals surface area contributed by atoms with Crippen LogP contribution < -0.4 is 10.1 Å². The van der Waals surface area contributed by atoms with Crippen LogP contribution in [0.5, 0.6) is 5.75 Å². The van der Waals surface area contributed by atoms with Crippen molar-refractivity contribution in [2.75, 3.05) is 20.2 Å². The first kappa shape index (κ1) is 15.2. The van der Waals surface area contributed by atoms with Gasteiger partial charge in [0.15, 0.2) is 0 Å². The molecule has 1 aromatic carbocycles. The molecule has 1 aliphatic rings. The molecule has 8 heteroatoms. The van der Waals surface area contributed by atoms with E-state index in [1.165, 1.54) is 7.11 Å². The van der Waals surface area contributed by atoms with Gasteiger partial charge in [0.25, 0.3) is 0 Å². The van der Waals surface area contributed by atoms with Crippen molar-refractivity contribution < 1.29 is 9.94 Å². The van der Waals surface area contributed by atoms with E-state index in [4.69, 9.17) is 27.9 Å². The van der Waals surface area contributed by atoms with Gasteiger partial charge < -0.3 is 10.1 Å². The smallest absolute Gasteiger partial charge is 0.223 e. The zero-order chi connectivity index (χ0) is 12.4. The van der Waals surface area contributed by atoms with Crippen molar-refractivity contribution >= 4 is 47.3 Å². The highest BCUT2D eigenvalue weighted by atomic mass is 35.5. The first-order valence-corrected chi connectivity index (χ1v) is 5.70. The minimum atomic E-state index is 0. The summed E-state index contributed by atoms with van der Waals surface area (Å²) >= 11 is 12.1. The van der Waals surface area contributed by atoms with Gasteiger partial charge in [0.2, 0.25) is 5.96 Å². The van der Waals surface area contributed by atoms with Crippen molar-refractivity contribution in [3.05, 3.63) is 22.2 Å². The van der Waals surface area contributed by atoms with Crippen molar-refractivity contribution in [1.29, 1.82) is 0 Å². The lowest BCUT2D eigenvalue weighted by Gasteiger charge is -2.10. The fourth-order valence-electron chi connectivity index (χ4n) is 1.46. The second-order valence-electron chi connectivity index (χ2n) is 3.40. The second-order valence-corrected chi connectivity index (χ2v) is 4.18. The average molecular weight is 313 g/mol. The monoisotopic (exact) mass is 311 g/mol. The van der Waals surface area contributed by atoms with Crippen LogP contribution in [0.2, 0.25) is 10.0 Å². The molecule has 1 fully saturated rings. The molecule has 2 rings (SSSR count). The number of aliphatic imine (C=N–C) groups is 1. The molecule has 0 radical (unpaired) electrons. The van der Waals surface area contributed by atoms with Gasteiger partial charge >= 0.3 is 0 Å². The standard InChI is InChI=1S/C10H11Cl2N3O2.ClH/c1-17-7-3-2-6(11)9(8(7)12)14-10-13-4-5-15(10)16;/h2-3,16H,4-5H2,1H3,(H,13,14);1H. The van der Waals surface area contributed by atoms with Crippen LogP contribution in [0.15, 0.2) is 17.1 Å². The van der Waals surface area contributed by atoms with Gasteiger partial charge in [-0.25, -0.2) is 10.1 Å². The van der Waals surface area contributed by atoms with Crippen molar-refractivity contribution in [2.45, 2.75) is 0 Å². The third-order valence-electron chi connectivity index (χ3n) is 2.32. The van der Waals surface area contributed by atoms with Gasteiger partial charge in [-0.3, -0.25) is 5.21 Å². The lowest BCUT2D eigenvalue weighted by Crippen LogP contribution is -2.26.